The highest BCUT2D eigenvalue weighted by Gasteiger charge is 2.59. The number of carbonyl (C=O) groups is 3. The first-order valence-electron chi connectivity index (χ1n) is 13.8. The number of phenolic OH excluding ortho intramolecular Hbond substituents is 1. The van der Waals surface area contributed by atoms with E-state index in [0.717, 1.165) is 16.8 Å². The molecular weight excluding hydrogens is 504 g/mol. The molecule has 8 heteroatoms. The van der Waals surface area contributed by atoms with Gasteiger partial charge in [0.2, 0.25) is 11.8 Å². The van der Waals surface area contributed by atoms with Gasteiger partial charge in [0.15, 0.2) is 5.54 Å². The van der Waals surface area contributed by atoms with Gasteiger partial charge in [-0.3, -0.25) is 19.4 Å². The second-order valence-electron chi connectivity index (χ2n) is 11.1. The van der Waals surface area contributed by atoms with E-state index >= 15 is 0 Å². The molecule has 2 aromatic carbocycles. The number of nitrogens with one attached hydrogen (secondary N) is 1. The largest absolute Gasteiger partial charge is 0.508 e. The Morgan fingerprint density at radius 3 is 2.25 bits per heavy atom. The van der Waals surface area contributed by atoms with Crippen molar-refractivity contribution in [2.75, 3.05) is 0 Å². The van der Waals surface area contributed by atoms with Crippen molar-refractivity contribution in [2.24, 2.45) is 17.6 Å². The summed E-state index contributed by atoms with van der Waals surface area (Å²) in [6, 6.07) is 16.0. The number of fused-ring (bicyclic) bond motifs is 1. The minimum absolute atomic E-state index is 0.140. The Kier molecular flexibility index (Phi) is 7.12. The molecule has 0 saturated carbocycles. The highest BCUT2D eigenvalue weighted by Crippen LogP contribution is 2.46. The minimum atomic E-state index is -1.98. The fraction of sp³-hybridized carbons (Fsp3) is 0.375. The minimum Gasteiger partial charge on any atom is -0.508 e. The molecule has 40 heavy (non-hydrogen) atoms. The number of carbonyl (C=O) groups excluding carboxylic acids is 3. The van der Waals surface area contributed by atoms with Crippen LogP contribution in [-0.4, -0.2) is 44.8 Å². The van der Waals surface area contributed by atoms with E-state index in [0.29, 0.717) is 30.5 Å². The van der Waals surface area contributed by atoms with Gasteiger partial charge in [-0.25, -0.2) is 0 Å². The van der Waals surface area contributed by atoms with Gasteiger partial charge in [0.1, 0.15) is 17.8 Å². The van der Waals surface area contributed by atoms with Gasteiger partial charge >= 0.3 is 0 Å². The zero-order valence-corrected chi connectivity index (χ0v) is 23.3. The molecule has 5 rings (SSSR count). The number of pyridine rings is 1. The third kappa shape index (κ3) is 4.22. The molecule has 208 valence electrons. The summed E-state index contributed by atoms with van der Waals surface area (Å²) in [7, 11) is 0. The molecule has 1 saturated heterocycles. The highest BCUT2D eigenvalue weighted by atomic mass is 16.3. The molecule has 3 aromatic rings. The standard InChI is InChI=1S/C32H36N4O4/c1-5-18(2)28-29(38)35-27(23-16-21-10-6-7-11-22(21)17-23)30(39)36(28)32(31(33)40,25-12-8-9-13-26(25)37)24-15-14-19(3)34-20(24)4/h6-15,18,23,27-28,37H,5,16-17H2,1-4H3,(H2,33,40)(H,35,38)/t18-,27+,28+,32?/m0/s1. The molecule has 8 nitrogen and oxygen atoms in total. The smallest absolute Gasteiger partial charge is 0.253 e. The number of aromatic hydroxyl groups is 1. The summed E-state index contributed by atoms with van der Waals surface area (Å²) >= 11 is 0. The first-order valence-corrected chi connectivity index (χ1v) is 13.8. The second-order valence-corrected chi connectivity index (χ2v) is 11.1. The summed E-state index contributed by atoms with van der Waals surface area (Å²) < 4.78 is 0. The van der Waals surface area contributed by atoms with E-state index in [1.807, 2.05) is 45.0 Å². The van der Waals surface area contributed by atoms with Crippen molar-refractivity contribution in [3.05, 3.63) is 94.3 Å². The number of piperazine rings is 1. The predicted octanol–water partition coefficient (Wildman–Crippen LogP) is 3.29. The van der Waals surface area contributed by atoms with E-state index < -0.39 is 29.4 Å². The van der Waals surface area contributed by atoms with Crippen LogP contribution in [0.1, 0.15) is 53.9 Å². The molecule has 1 aromatic heterocycles. The zero-order chi connectivity index (χ0) is 28.8. The molecule has 0 bridgehead atoms. The quantitative estimate of drug-likeness (QED) is 0.424. The first kappa shape index (κ1) is 27.4. The van der Waals surface area contributed by atoms with Crippen molar-refractivity contribution in [3.63, 3.8) is 0 Å². The maximum atomic E-state index is 14.8. The predicted molar refractivity (Wildman–Crippen MR) is 151 cm³/mol. The Labute approximate surface area is 234 Å². The Hall–Kier alpha value is -4.20. The van der Waals surface area contributed by atoms with Crippen LogP contribution in [0.15, 0.2) is 60.7 Å². The van der Waals surface area contributed by atoms with Gasteiger partial charge in [0.05, 0.1) is 0 Å². The summed E-state index contributed by atoms with van der Waals surface area (Å²) in [5.41, 5.74) is 8.32. The van der Waals surface area contributed by atoms with E-state index in [9.17, 15) is 19.5 Å². The van der Waals surface area contributed by atoms with Crippen molar-refractivity contribution in [1.29, 1.82) is 0 Å². The molecule has 0 radical (unpaired) electrons. The third-order valence-electron chi connectivity index (χ3n) is 8.71. The van der Waals surface area contributed by atoms with Gasteiger partial charge in [-0.15, -0.1) is 0 Å². The van der Waals surface area contributed by atoms with E-state index in [4.69, 9.17) is 5.73 Å². The third-order valence-corrected chi connectivity index (χ3v) is 8.71. The molecular formula is C32H36N4O4. The molecule has 3 amide bonds. The Morgan fingerprint density at radius 1 is 1.05 bits per heavy atom. The molecule has 4 atom stereocenters. The molecule has 1 aliphatic carbocycles. The van der Waals surface area contributed by atoms with Crippen LogP contribution in [0.25, 0.3) is 0 Å². The van der Waals surface area contributed by atoms with Crippen molar-refractivity contribution < 1.29 is 19.5 Å². The van der Waals surface area contributed by atoms with E-state index in [1.165, 1.54) is 11.0 Å². The topological polar surface area (TPSA) is 126 Å². The van der Waals surface area contributed by atoms with Crippen LogP contribution in [0.3, 0.4) is 0 Å². The number of para-hydroxylation sites is 1. The van der Waals surface area contributed by atoms with E-state index in [2.05, 4.69) is 10.3 Å². The van der Waals surface area contributed by atoms with E-state index in [-0.39, 0.29) is 29.1 Å². The van der Waals surface area contributed by atoms with Crippen molar-refractivity contribution in [2.45, 2.75) is 64.6 Å². The van der Waals surface area contributed by atoms with Crippen molar-refractivity contribution >= 4 is 17.7 Å². The maximum absolute atomic E-state index is 14.8. The van der Waals surface area contributed by atoms with Crippen LogP contribution in [0.2, 0.25) is 0 Å². The van der Waals surface area contributed by atoms with Gasteiger partial charge in [0.25, 0.3) is 5.91 Å². The number of aromatic nitrogens is 1. The lowest BCUT2D eigenvalue weighted by Crippen LogP contribution is -2.74. The average Bonchev–Trinajstić information content (AvgIpc) is 3.36. The van der Waals surface area contributed by atoms with Gasteiger partial charge < -0.3 is 21.1 Å². The fourth-order valence-electron chi connectivity index (χ4n) is 6.60. The Balaban J connectivity index is 1.77. The van der Waals surface area contributed by atoms with Gasteiger partial charge in [-0.1, -0.05) is 68.8 Å². The van der Waals surface area contributed by atoms with Crippen LogP contribution < -0.4 is 11.1 Å². The van der Waals surface area contributed by atoms with Crippen LogP contribution in [-0.2, 0) is 32.8 Å². The monoisotopic (exact) mass is 540 g/mol. The summed E-state index contributed by atoms with van der Waals surface area (Å²) in [6.07, 6.45) is 1.82. The summed E-state index contributed by atoms with van der Waals surface area (Å²) in [5.74, 6) is -2.31. The van der Waals surface area contributed by atoms with Crippen LogP contribution in [0.5, 0.6) is 5.75 Å². The van der Waals surface area contributed by atoms with Crippen LogP contribution in [0, 0.1) is 25.7 Å². The average molecular weight is 541 g/mol. The molecule has 4 N–H and O–H groups in total. The number of nitrogens with zero attached hydrogens (tertiary/aromatic N) is 2. The fourth-order valence-corrected chi connectivity index (χ4v) is 6.60. The van der Waals surface area contributed by atoms with Crippen molar-refractivity contribution in [1.82, 2.24) is 15.2 Å². The first-order chi connectivity index (χ1) is 19.1. The Morgan fingerprint density at radius 2 is 1.68 bits per heavy atom. The lowest BCUT2D eigenvalue weighted by molar-refractivity contribution is -0.164. The molecule has 1 aliphatic heterocycles. The molecule has 1 fully saturated rings. The zero-order valence-electron chi connectivity index (χ0n) is 23.3. The summed E-state index contributed by atoms with van der Waals surface area (Å²) in [4.78, 5) is 48.8. The lowest BCUT2D eigenvalue weighted by atomic mass is 9.74. The van der Waals surface area contributed by atoms with E-state index in [1.54, 1.807) is 37.3 Å². The maximum Gasteiger partial charge on any atom is 0.253 e. The number of benzene rings is 2. The lowest BCUT2D eigenvalue weighted by Gasteiger charge is -2.52. The van der Waals surface area contributed by atoms with Crippen LogP contribution in [0.4, 0.5) is 0 Å². The van der Waals surface area contributed by atoms with Crippen LogP contribution >= 0.6 is 0 Å². The number of phenols is 1. The van der Waals surface area contributed by atoms with Gasteiger partial charge in [0, 0.05) is 22.5 Å². The SMILES string of the molecule is CC[C@H](C)[C@@H]1C(=O)N[C@H](C2Cc3ccccc3C2)C(=O)N1C(C(N)=O)(c1ccccc1O)c1ccc(C)nc1C. The van der Waals surface area contributed by atoms with Gasteiger partial charge in [-0.05, 0) is 61.8 Å². The number of hydrogen-bond donors (Lipinski definition) is 3. The van der Waals surface area contributed by atoms with Crippen molar-refractivity contribution in [3.8, 4) is 5.75 Å². The Bertz CT molecular complexity index is 1460. The molecule has 0 spiro atoms. The number of nitrogens with two attached hydrogens (primary N) is 1. The number of hydrogen-bond acceptors (Lipinski definition) is 5. The normalized spacial score (nSPS) is 21.4. The number of aryl methyl sites for hydroxylation is 2. The van der Waals surface area contributed by atoms with Gasteiger partial charge in [-0.2, -0.15) is 0 Å². The second kappa shape index (κ2) is 10.4. The number of primary amides is 1. The summed E-state index contributed by atoms with van der Waals surface area (Å²) in [6.45, 7) is 7.40. The number of rotatable bonds is 7. The summed E-state index contributed by atoms with van der Waals surface area (Å²) in [5, 5.41) is 14.2. The molecule has 1 unspecified atom stereocenters. The highest BCUT2D eigenvalue weighted by molar-refractivity contribution is 6.03. The molecule has 2 aliphatic rings. The molecule has 2 heterocycles. The number of amides is 3.